The Hall–Kier alpha value is -2.15. The largest absolute Gasteiger partial charge is 0.470 e. The third kappa shape index (κ3) is 4.14. The number of nitrogens with zero attached hydrogens (tertiary/aromatic N) is 3. The summed E-state index contributed by atoms with van der Waals surface area (Å²) in [6.45, 7) is -0.270. The normalized spacial score (nSPS) is 19.7. The molecule has 0 bridgehead atoms. The molecule has 1 atom stereocenters. The van der Waals surface area contributed by atoms with Crippen molar-refractivity contribution in [1.82, 2.24) is 14.5 Å². The van der Waals surface area contributed by atoms with Crippen molar-refractivity contribution in [2.45, 2.75) is 36.0 Å². The van der Waals surface area contributed by atoms with Gasteiger partial charge >= 0.3 is 18.2 Å². The minimum absolute atomic E-state index is 0.00927. The highest BCUT2D eigenvalue weighted by atomic mass is 32.2. The summed E-state index contributed by atoms with van der Waals surface area (Å²) < 4.78 is 107. The molecule has 1 aromatic carbocycles. The van der Waals surface area contributed by atoms with Gasteiger partial charge in [0, 0.05) is 13.1 Å². The average molecular weight is 429 g/mol. The maximum absolute atomic E-state index is 12.9. The molecule has 6 nitrogen and oxygen atoms in total. The molecular formula is C15H13F6N3O3S. The van der Waals surface area contributed by atoms with Crippen LogP contribution in [0.1, 0.15) is 36.1 Å². The predicted octanol–water partition coefficient (Wildman–Crippen LogP) is 3.68. The fourth-order valence-electron chi connectivity index (χ4n) is 2.86. The van der Waals surface area contributed by atoms with E-state index in [1.807, 2.05) is 0 Å². The van der Waals surface area contributed by atoms with Gasteiger partial charge in [0.15, 0.2) is 0 Å². The van der Waals surface area contributed by atoms with Gasteiger partial charge in [0.05, 0.1) is 16.4 Å². The lowest BCUT2D eigenvalue weighted by atomic mass is 10.00. The SMILES string of the molecule is O=S(=O)(c1cccc(C(F)(F)F)c1)N1CCCC(c2nnc(C(F)(F)F)o2)C1. The minimum Gasteiger partial charge on any atom is -0.417 e. The van der Waals surface area contributed by atoms with Crippen LogP contribution in [0.4, 0.5) is 26.3 Å². The van der Waals surface area contributed by atoms with Crippen LogP contribution in [0.3, 0.4) is 0 Å². The van der Waals surface area contributed by atoms with Gasteiger partial charge in [-0.2, -0.15) is 30.6 Å². The second-order valence-corrected chi connectivity index (χ2v) is 8.11. The van der Waals surface area contributed by atoms with E-state index in [2.05, 4.69) is 14.6 Å². The molecule has 0 aliphatic carbocycles. The van der Waals surface area contributed by atoms with E-state index >= 15 is 0 Å². The van der Waals surface area contributed by atoms with E-state index in [4.69, 9.17) is 0 Å². The maximum Gasteiger partial charge on any atom is 0.470 e. The average Bonchev–Trinajstić information content (AvgIpc) is 3.12. The Kier molecular flexibility index (Phi) is 5.17. The monoisotopic (exact) mass is 429 g/mol. The van der Waals surface area contributed by atoms with Gasteiger partial charge < -0.3 is 4.42 Å². The molecule has 2 heterocycles. The summed E-state index contributed by atoms with van der Waals surface area (Å²) in [5.74, 6) is -2.70. The number of halogens is 6. The van der Waals surface area contributed by atoms with Crippen molar-refractivity contribution >= 4 is 10.0 Å². The Morgan fingerprint density at radius 3 is 2.39 bits per heavy atom. The van der Waals surface area contributed by atoms with E-state index < -0.39 is 44.6 Å². The first-order valence-corrected chi connectivity index (χ1v) is 9.41. The third-order valence-corrected chi connectivity index (χ3v) is 6.08. The topological polar surface area (TPSA) is 76.3 Å². The number of rotatable bonds is 3. The lowest BCUT2D eigenvalue weighted by molar-refractivity contribution is -0.157. The van der Waals surface area contributed by atoms with Crippen molar-refractivity contribution < 1.29 is 39.2 Å². The van der Waals surface area contributed by atoms with Gasteiger partial charge in [0.2, 0.25) is 15.9 Å². The van der Waals surface area contributed by atoms with Crippen LogP contribution in [0.2, 0.25) is 0 Å². The van der Waals surface area contributed by atoms with E-state index in [0.29, 0.717) is 12.5 Å². The van der Waals surface area contributed by atoms with Crippen LogP contribution in [0.25, 0.3) is 0 Å². The first kappa shape index (κ1) is 20.6. The molecule has 0 radical (unpaired) electrons. The number of alkyl halides is 6. The second-order valence-electron chi connectivity index (χ2n) is 6.17. The molecule has 1 aliphatic rings. The molecule has 28 heavy (non-hydrogen) atoms. The molecule has 0 saturated carbocycles. The van der Waals surface area contributed by atoms with Crippen molar-refractivity contribution in [2.75, 3.05) is 13.1 Å². The van der Waals surface area contributed by atoms with Crippen LogP contribution in [0.5, 0.6) is 0 Å². The summed E-state index contributed by atoms with van der Waals surface area (Å²) in [4.78, 5) is -0.551. The zero-order valence-electron chi connectivity index (χ0n) is 14.0. The number of sulfonamides is 1. The summed E-state index contributed by atoms with van der Waals surface area (Å²) in [7, 11) is -4.29. The Labute approximate surface area is 155 Å². The third-order valence-electron chi connectivity index (χ3n) is 4.22. The summed E-state index contributed by atoms with van der Waals surface area (Å²) >= 11 is 0. The molecule has 0 N–H and O–H groups in total. The summed E-state index contributed by atoms with van der Waals surface area (Å²) in [5.41, 5.74) is -1.12. The summed E-state index contributed by atoms with van der Waals surface area (Å²) in [6, 6.07) is 3.27. The molecule has 3 rings (SSSR count). The van der Waals surface area contributed by atoms with Gasteiger partial charge in [-0.1, -0.05) is 6.07 Å². The van der Waals surface area contributed by atoms with Crippen LogP contribution in [-0.4, -0.2) is 36.0 Å². The Balaban J connectivity index is 1.84. The molecule has 1 fully saturated rings. The molecule has 2 aromatic rings. The number of hydrogen-bond acceptors (Lipinski definition) is 5. The zero-order valence-corrected chi connectivity index (χ0v) is 14.8. The molecule has 0 amide bonds. The van der Waals surface area contributed by atoms with Crippen LogP contribution < -0.4 is 0 Å². The lowest BCUT2D eigenvalue weighted by Crippen LogP contribution is -2.39. The van der Waals surface area contributed by atoms with E-state index in [0.717, 1.165) is 22.5 Å². The van der Waals surface area contributed by atoms with Crippen LogP contribution in [0.15, 0.2) is 33.6 Å². The highest BCUT2D eigenvalue weighted by Gasteiger charge is 2.40. The molecule has 0 spiro atoms. The van der Waals surface area contributed by atoms with E-state index in [9.17, 15) is 34.8 Å². The van der Waals surface area contributed by atoms with Gasteiger partial charge in [0.1, 0.15) is 0 Å². The van der Waals surface area contributed by atoms with Crippen LogP contribution in [-0.2, 0) is 22.4 Å². The Morgan fingerprint density at radius 2 is 1.79 bits per heavy atom. The Morgan fingerprint density at radius 1 is 1.07 bits per heavy atom. The van der Waals surface area contributed by atoms with Crippen molar-refractivity contribution in [1.29, 1.82) is 0 Å². The highest BCUT2D eigenvalue weighted by Crippen LogP contribution is 2.35. The van der Waals surface area contributed by atoms with Gasteiger partial charge in [-0.25, -0.2) is 8.42 Å². The molecule has 1 saturated heterocycles. The first-order valence-electron chi connectivity index (χ1n) is 7.97. The van der Waals surface area contributed by atoms with E-state index in [-0.39, 0.29) is 25.4 Å². The molecule has 1 unspecified atom stereocenters. The molecule has 13 heteroatoms. The fraction of sp³-hybridized carbons (Fsp3) is 0.467. The predicted molar refractivity (Wildman–Crippen MR) is 81.5 cm³/mol. The maximum atomic E-state index is 12.9. The van der Waals surface area contributed by atoms with Crippen LogP contribution >= 0.6 is 0 Å². The standard InChI is InChI=1S/C15H13F6N3O3S/c16-14(17,18)10-4-1-5-11(7-10)28(25,26)24-6-2-3-9(8-24)12-22-23-13(27-12)15(19,20)21/h1,4-5,7,9H,2-3,6,8H2. The van der Waals surface area contributed by atoms with Gasteiger partial charge in [-0.3, -0.25) is 0 Å². The molecular weight excluding hydrogens is 416 g/mol. The molecule has 1 aliphatic heterocycles. The van der Waals surface area contributed by atoms with Gasteiger partial charge in [-0.05, 0) is 31.0 Å². The second kappa shape index (κ2) is 7.03. The number of benzene rings is 1. The summed E-state index contributed by atoms with van der Waals surface area (Å²) in [6.07, 6.45) is -8.97. The number of hydrogen-bond donors (Lipinski definition) is 0. The summed E-state index contributed by atoms with van der Waals surface area (Å²) in [5, 5.41) is 6.25. The Bertz CT molecular complexity index is 954. The smallest absolute Gasteiger partial charge is 0.417 e. The fourth-order valence-corrected chi connectivity index (χ4v) is 4.43. The van der Waals surface area contributed by atoms with Crippen molar-refractivity contribution in [3.63, 3.8) is 0 Å². The van der Waals surface area contributed by atoms with Crippen molar-refractivity contribution in [2.24, 2.45) is 0 Å². The first-order chi connectivity index (χ1) is 12.9. The molecule has 154 valence electrons. The highest BCUT2D eigenvalue weighted by molar-refractivity contribution is 7.89. The number of aromatic nitrogens is 2. The quantitative estimate of drug-likeness (QED) is 0.696. The zero-order chi connectivity index (χ0) is 20.7. The van der Waals surface area contributed by atoms with Crippen molar-refractivity contribution in [3.8, 4) is 0 Å². The van der Waals surface area contributed by atoms with Crippen LogP contribution in [0, 0.1) is 0 Å². The van der Waals surface area contributed by atoms with E-state index in [1.54, 1.807) is 0 Å². The van der Waals surface area contributed by atoms with Crippen molar-refractivity contribution in [3.05, 3.63) is 41.6 Å². The van der Waals surface area contributed by atoms with Gasteiger partial charge in [0.25, 0.3) is 0 Å². The minimum atomic E-state index is -4.83. The molecule has 1 aromatic heterocycles. The van der Waals surface area contributed by atoms with Gasteiger partial charge in [-0.15, -0.1) is 10.2 Å². The number of piperidine rings is 1. The van der Waals surface area contributed by atoms with E-state index in [1.165, 1.54) is 0 Å². The lowest BCUT2D eigenvalue weighted by Gasteiger charge is -2.30.